The molecular weight excluding hydrogens is 464 g/mol. The van der Waals surface area contributed by atoms with Gasteiger partial charge in [-0.15, -0.1) is 0 Å². The predicted molar refractivity (Wildman–Crippen MR) is 155 cm³/mol. The maximum absolute atomic E-state index is 12.4. The van der Waals surface area contributed by atoms with Gasteiger partial charge in [0.15, 0.2) is 0 Å². The number of fused-ring (bicyclic) bond motifs is 4. The number of nitrogens with two attached hydrogens (primary N) is 1. The first-order valence-electron chi connectivity index (χ1n) is 15.9. The summed E-state index contributed by atoms with van der Waals surface area (Å²) in [6, 6.07) is 10.3. The molecule has 0 aromatic heterocycles. The van der Waals surface area contributed by atoms with Crippen LogP contribution in [0.1, 0.15) is 70.6 Å². The maximum Gasteiger partial charge on any atom is 0.137 e. The predicted octanol–water partition coefficient (Wildman–Crippen LogP) is 7.26. The lowest BCUT2D eigenvalue weighted by molar-refractivity contribution is -0.111. The number of rotatable bonds is 7. The van der Waals surface area contributed by atoms with Crippen LogP contribution in [-0.2, 0) is 4.79 Å². The number of allylic oxidation sites excluding steroid dienone is 3. The van der Waals surface area contributed by atoms with Gasteiger partial charge in [0.25, 0.3) is 0 Å². The maximum atomic E-state index is 12.4. The van der Waals surface area contributed by atoms with Gasteiger partial charge >= 0.3 is 0 Å². The highest BCUT2D eigenvalue weighted by Crippen LogP contribution is 2.76. The number of carbonyl (C=O) groups excluding carboxylic acids is 1. The average molecular weight is 513 g/mol. The largest absolute Gasteiger partial charge is 0.385 e. The average Bonchev–Trinajstić information content (AvgIpc) is 3.40. The summed E-state index contributed by atoms with van der Waals surface area (Å²) >= 11 is 0. The molecule has 204 valence electrons. The molecule has 6 aliphatic rings. The van der Waals surface area contributed by atoms with E-state index in [0.717, 1.165) is 42.9 Å². The Morgan fingerprint density at radius 3 is 2.58 bits per heavy atom. The van der Waals surface area contributed by atoms with E-state index in [4.69, 9.17) is 5.73 Å². The Morgan fingerprint density at radius 2 is 1.79 bits per heavy atom. The van der Waals surface area contributed by atoms with Crippen molar-refractivity contribution in [3.05, 3.63) is 54.6 Å². The Bertz CT molecular complexity index is 1060. The minimum atomic E-state index is -0.321. The van der Waals surface area contributed by atoms with Gasteiger partial charge in [-0.25, -0.2) is 0 Å². The Hall–Kier alpha value is -1.87. The summed E-state index contributed by atoms with van der Waals surface area (Å²) < 4.78 is 0. The number of aldehydes is 1. The summed E-state index contributed by atoms with van der Waals surface area (Å²) in [6.07, 6.45) is 20.9. The standard InChI is InChI=1S/C35H48N2O/c1-22-11-14-32-34(31-19-27(18-30(22)31)24-7-5-6-8-24)35(32,33(36)21-38)28-13-12-25-15-23(16-26(25)17-28)20-37-29-9-3-2-4-10-29/h2-4,9-10,12-13,21,23-28,30-34,37H,1,5-8,11,14-20,36H2/t23-,25+,26+,27-,28-,30+,31+,32+,33-,34-,35+/m0/s1. The van der Waals surface area contributed by atoms with Gasteiger partial charge in [0.05, 0.1) is 6.04 Å². The summed E-state index contributed by atoms with van der Waals surface area (Å²) in [5.41, 5.74) is 9.63. The van der Waals surface area contributed by atoms with Crippen LogP contribution in [0.2, 0.25) is 0 Å². The molecule has 0 heterocycles. The molecule has 0 radical (unpaired) electrons. The second kappa shape index (κ2) is 9.95. The third-order valence-corrected chi connectivity index (χ3v) is 12.8. The third kappa shape index (κ3) is 4.05. The van der Waals surface area contributed by atoms with Crippen LogP contribution in [0.15, 0.2) is 54.6 Å². The molecule has 3 nitrogen and oxygen atoms in total. The second-order valence-corrected chi connectivity index (χ2v) is 14.3. The highest BCUT2D eigenvalue weighted by atomic mass is 16.1. The van der Waals surface area contributed by atoms with E-state index in [1.807, 2.05) is 0 Å². The number of anilines is 1. The molecule has 0 bridgehead atoms. The molecule has 11 atom stereocenters. The van der Waals surface area contributed by atoms with Gasteiger partial charge in [-0.3, -0.25) is 0 Å². The number of hydrogen-bond acceptors (Lipinski definition) is 3. The number of hydrogen-bond donors (Lipinski definition) is 2. The lowest BCUT2D eigenvalue weighted by Crippen LogP contribution is -2.43. The molecule has 38 heavy (non-hydrogen) atoms. The van der Waals surface area contributed by atoms with Crippen molar-refractivity contribution >= 4 is 12.0 Å². The van der Waals surface area contributed by atoms with Gasteiger partial charge in [0.1, 0.15) is 6.29 Å². The van der Waals surface area contributed by atoms with Crippen LogP contribution in [0, 0.1) is 64.6 Å². The molecular formula is C35H48N2O. The van der Waals surface area contributed by atoms with Crippen molar-refractivity contribution in [3.63, 3.8) is 0 Å². The van der Waals surface area contributed by atoms with Crippen LogP contribution >= 0.6 is 0 Å². The van der Waals surface area contributed by atoms with Crippen molar-refractivity contribution < 1.29 is 4.79 Å². The summed E-state index contributed by atoms with van der Waals surface area (Å²) in [4.78, 5) is 12.4. The van der Waals surface area contributed by atoms with Crippen molar-refractivity contribution in [3.8, 4) is 0 Å². The topological polar surface area (TPSA) is 55.1 Å². The van der Waals surface area contributed by atoms with Gasteiger partial charge < -0.3 is 15.8 Å². The number of carbonyl (C=O) groups is 1. The van der Waals surface area contributed by atoms with E-state index in [9.17, 15) is 4.79 Å². The second-order valence-electron chi connectivity index (χ2n) is 14.3. The van der Waals surface area contributed by atoms with Crippen molar-refractivity contribution in [1.82, 2.24) is 0 Å². The van der Waals surface area contributed by atoms with Crippen LogP contribution in [0.4, 0.5) is 5.69 Å². The van der Waals surface area contributed by atoms with Gasteiger partial charge in [-0.05, 0) is 116 Å². The first-order chi connectivity index (χ1) is 18.6. The van der Waals surface area contributed by atoms with Crippen molar-refractivity contribution in [2.75, 3.05) is 11.9 Å². The summed E-state index contributed by atoms with van der Waals surface area (Å²) in [6.45, 7) is 5.69. The molecule has 6 aliphatic carbocycles. The van der Waals surface area contributed by atoms with Crippen molar-refractivity contribution in [2.45, 2.75) is 76.7 Å². The zero-order valence-corrected chi connectivity index (χ0v) is 23.1. The van der Waals surface area contributed by atoms with Gasteiger partial charge in [-0.1, -0.05) is 68.2 Å². The molecule has 1 aromatic carbocycles. The molecule has 3 heteroatoms. The van der Waals surface area contributed by atoms with E-state index >= 15 is 0 Å². The molecule has 0 saturated heterocycles. The smallest absolute Gasteiger partial charge is 0.137 e. The summed E-state index contributed by atoms with van der Waals surface area (Å²) in [5, 5.41) is 3.68. The number of para-hydroxylation sites is 1. The van der Waals surface area contributed by atoms with E-state index in [2.05, 4.69) is 54.4 Å². The van der Waals surface area contributed by atoms with E-state index in [0.29, 0.717) is 35.5 Å². The fourth-order valence-electron chi connectivity index (χ4n) is 11.1. The quantitative estimate of drug-likeness (QED) is 0.299. The molecule has 0 aliphatic heterocycles. The van der Waals surface area contributed by atoms with E-state index in [1.54, 1.807) is 0 Å². The van der Waals surface area contributed by atoms with Crippen LogP contribution in [0.25, 0.3) is 0 Å². The van der Waals surface area contributed by atoms with Gasteiger partial charge in [-0.2, -0.15) is 0 Å². The normalized spacial score (nSPS) is 44.7. The fraction of sp³-hybridized carbons (Fsp3) is 0.686. The monoisotopic (exact) mass is 512 g/mol. The minimum absolute atomic E-state index is 0.00220. The SMILES string of the molecule is C=C1CC[C@@H]2[C@H]([C@@H]3C[C@@H](C4CCCC4)C[C@H]13)[C@]2([C@@H](N)C=O)[C@H]1C=C[C@@H]2C[C@H](CNc3ccccc3)C[C@@H]2C1. The highest BCUT2D eigenvalue weighted by Gasteiger charge is 2.73. The Balaban J connectivity index is 1.09. The first-order valence-corrected chi connectivity index (χ1v) is 15.9. The van der Waals surface area contributed by atoms with E-state index in [1.165, 1.54) is 75.5 Å². The van der Waals surface area contributed by atoms with Crippen LogP contribution in [-0.4, -0.2) is 18.9 Å². The number of nitrogens with one attached hydrogen (secondary N) is 1. The van der Waals surface area contributed by atoms with Crippen LogP contribution < -0.4 is 11.1 Å². The molecule has 3 N–H and O–H groups in total. The molecule has 5 fully saturated rings. The van der Waals surface area contributed by atoms with Gasteiger partial charge in [0, 0.05) is 17.6 Å². The molecule has 0 amide bonds. The fourth-order valence-corrected chi connectivity index (χ4v) is 11.1. The van der Waals surface area contributed by atoms with Crippen LogP contribution in [0.3, 0.4) is 0 Å². The highest BCUT2D eigenvalue weighted by molar-refractivity contribution is 5.61. The lowest BCUT2D eigenvalue weighted by atomic mass is 9.67. The summed E-state index contributed by atoms with van der Waals surface area (Å²) in [7, 11) is 0. The number of benzene rings is 1. The van der Waals surface area contributed by atoms with Crippen molar-refractivity contribution in [1.29, 1.82) is 0 Å². The molecule has 1 aromatic rings. The molecule has 0 spiro atoms. The zero-order valence-electron chi connectivity index (χ0n) is 23.1. The zero-order chi connectivity index (χ0) is 25.9. The van der Waals surface area contributed by atoms with E-state index < -0.39 is 0 Å². The molecule has 5 saturated carbocycles. The lowest BCUT2D eigenvalue weighted by Gasteiger charge is -2.38. The Kier molecular flexibility index (Phi) is 6.58. The molecule has 7 rings (SSSR count). The summed E-state index contributed by atoms with van der Waals surface area (Å²) in [5.74, 6) is 7.09. The van der Waals surface area contributed by atoms with Gasteiger partial charge in [0.2, 0.25) is 0 Å². The first kappa shape index (κ1) is 25.1. The Morgan fingerprint density at radius 1 is 0.974 bits per heavy atom. The minimum Gasteiger partial charge on any atom is -0.385 e. The Labute approximate surface area is 230 Å². The van der Waals surface area contributed by atoms with E-state index in [-0.39, 0.29) is 11.5 Å². The van der Waals surface area contributed by atoms with Crippen LogP contribution in [0.5, 0.6) is 0 Å². The van der Waals surface area contributed by atoms with Crippen molar-refractivity contribution in [2.24, 2.45) is 70.3 Å². The third-order valence-electron chi connectivity index (χ3n) is 12.8. The molecule has 0 unspecified atom stereocenters.